The minimum atomic E-state index is -3.52. The van der Waals surface area contributed by atoms with E-state index in [1.54, 1.807) is 0 Å². The highest BCUT2D eigenvalue weighted by Crippen LogP contribution is 2.19. The highest BCUT2D eigenvalue weighted by molar-refractivity contribution is 7.89. The molecular formula is C9H10N2O4S. The van der Waals surface area contributed by atoms with E-state index in [0.717, 1.165) is 12.6 Å². The van der Waals surface area contributed by atoms with Crippen LogP contribution in [0.3, 0.4) is 0 Å². The van der Waals surface area contributed by atoms with Crippen molar-refractivity contribution in [3.05, 3.63) is 23.9 Å². The van der Waals surface area contributed by atoms with Gasteiger partial charge in [-0.15, -0.1) is 0 Å². The number of nitrogens with zero attached hydrogens (tertiary/aromatic N) is 2. The molecule has 2 rings (SSSR count). The Bertz CT molecular complexity index is 505. The Morgan fingerprint density at radius 1 is 1.38 bits per heavy atom. The Morgan fingerprint density at radius 2 is 2.06 bits per heavy atom. The molecule has 1 aliphatic heterocycles. The normalized spacial score (nSPS) is 16.8. The van der Waals surface area contributed by atoms with Crippen LogP contribution in [-0.4, -0.2) is 41.9 Å². The highest BCUT2D eigenvalue weighted by Gasteiger charge is 2.30. The van der Waals surface area contributed by atoms with Crippen LogP contribution in [0.2, 0.25) is 0 Å². The molecule has 0 aromatic carbocycles. The molecule has 7 heteroatoms. The molecule has 1 aromatic rings. The molecule has 0 spiro atoms. The first-order chi connectivity index (χ1) is 7.51. The second-order valence-corrected chi connectivity index (χ2v) is 5.33. The molecule has 1 aliphatic rings. The summed E-state index contributed by atoms with van der Waals surface area (Å²) in [7, 11) is -3.52. The first-order valence-electron chi connectivity index (χ1n) is 4.71. The highest BCUT2D eigenvalue weighted by atomic mass is 32.2. The van der Waals surface area contributed by atoms with Gasteiger partial charge < -0.3 is 5.11 Å². The third-order valence-electron chi connectivity index (χ3n) is 2.40. The van der Waals surface area contributed by atoms with E-state index in [1.807, 2.05) is 0 Å². The molecule has 6 nitrogen and oxygen atoms in total. The Hall–Kier alpha value is -1.47. The van der Waals surface area contributed by atoms with Gasteiger partial charge in [-0.25, -0.2) is 18.2 Å². The van der Waals surface area contributed by atoms with Gasteiger partial charge in [0.05, 0.1) is 5.56 Å². The van der Waals surface area contributed by atoms with Gasteiger partial charge >= 0.3 is 5.97 Å². The minimum Gasteiger partial charge on any atom is -0.478 e. The van der Waals surface area contributed by atoms with Crippen molar-refractivity contribution in [3.8, 4) is 0 Å². The second-order valence-electron chi connectivity index (χ2n) is 3.45. The number of aromatic carboxylic acids is 1. The zero-order valence-corrected chi connectivity index (χ0v) is 9.14. The lowest BCUT2D eigenvalue weighted by molar-refractivity contribution is 0.0696. The van der Waals surface area contributed by atoms with Gasteiger partial charge in [0.1, 0.15) is 0 Å². The quantitative estimate of drug-likeness (QED) is 0.816. The number of rotatable bonds is 3. The third-order valence-corrected chi connectivity index (χ3v) is 4.22. The second kappa shape index (κ2) is 3.84. The molecule has 0 aliphatic carbocycles. The van der Waals surface area contributed by atoms with E-state index >= 15 is 0 Å². The average Bonchev–Trinajstić information content (AvgIpc) is 2.14. The summed E-state index contributed by atoms with van der Waals surface area (Å²) in [5.74, 6) is -1.12. The van der Waals surface area contributed by atoms with E-state index < -0.39 is 16.0 Å². The number of carbonyl (C=O) groups is 1. The van der Waals surface area contributed by atoms with Gasteiger partial charge in [0.15, 0.2) is 5.03 Å². The molecule has 1 fully saturated rings. The fraction of sp³-hybridized carbons (Fsp3) is 0.333. The van der Waals surface area contributed by atoms with Crippen LogP contribution >= 0.6 is 0 Å². The molecule has 16 heavy (non-hydrogen) atoms. The van der Waals surface area contributed by atoms with Crippen molar-refractivity contribution in [2.45, 2.75) is 11.4 Å². The maximum atomic E-state index is 11.8. The molecule has 86 valence electrons. The van der Waals surface area contributed by atoms with Crippen LogP contribution in [0.5, 0.6) is 0 Å². The van der Waals surface area contributed by atoms with Crippen molar-refractivity contribution in [1.29, 1.82) is 0 Å². The molecule has 1 N–H and O–H groups in total. The van der Waals surface area contributed by atoms with Gasteiger partial charge in [-0.05, 0) is 18.6 Å². The SMILES string of the molecule is O=C(O)c1ccc(S(=O)(=O)N2CCC2)nc1. The summed E-state index contributed by atoms with van der Waals surface area (Å²) < 4.78 is 24.9. The van der Waals surface area contributed by atoms with Crippen molar-refractivity contribution in [2.75, 3.05) is 13.1 Å². The summed E-state index contributed by atoms with van der Waals surface area (Å²) in [5, 5.41) is 8.55. The number of carboxylic acid groups (broad SMARTS) is 1. The van der Waals surface area contributed by atoms with Gasteiger partial charge in [0, 0.05) is 19.3 Å². The molecule has 2 heterocycles. The maximum absolute atomic E-state index is 11.8. The van der Waals surface area contributed by atoms with Crippen LogP contribution in [0.25, 0.3) is 0 Å². The van der Waals surface area contributed by atoms with E-state index in [-0.39, 0.29) is 10.6 Å². The lowest BCUT2D eigenvalue weighted by Crippen LogP contribution is -2.42. The standard InChI is InChI=1S/C9H10N2O4S/c12-9(13)7-2-3-8(10-6-7)16(14,15)11-4-1-5-11/h2-3,6H,1,4-5H2,(H,12,13). The van der Waals surface area contributed by atoms with E-state index in [0.29, 0.717) is 13.1 Å². The number of hydrogen-bond donors (Lipinski definition) is 1. The van der Waals surface area contributed by atoms with Crippen LogP contribution in [0.4, 0.5) is 0 Å². The van der Waals surface area contributed by atoms with Gasteiger partial charge in [0.2, 0.25) is 0 Å². The molecule has 0 radical (unpaired) electrons. The van der Waals surface area contributed by atoms with E-state index in [1.165, 1.54) is 16.4 Å². The molecule has 0 saturated carbocycles. The number of carboxylic acids is 1. The van der Waals surface area contributed by atoms with E-state index in [2.05, 4.69) is 4.98 Å². The van der Waals surface area contributed by atoms with Crippen LogP contribution in [-0.2, 0) is 10.0 Å². The Labute approximate surface area is 92.6 Å². The fourth-order valence-corrected chi connectivity index (χ4v) is 2.75. The first-order valence-corrected chi connectivity index (χ1v) is 6.15. The average molecular weight is 242 g/mol. The van der Waals surface area contributed by atoms with E-state index in [9.17, 15) is 13.2 Å². The monoisotopic (exact) mass is 242 g/mol. The minimum absolute atomic E-state index is 0.0254. The first kappa shape index (κ1) is 11.0. The maximum Gasteiger partial charge on any atom is 0.337 e. The third kappa shape index (κ3) is 1.79. The van der Waals surface area contributed by atoms with Crippen molar-refractivity contribution in [3.63, 3.8) is 0 Å². The van der Waals surface area contributed by atoms with Crippen LogP contribution < -0.4 is 0 Å². The molecule has 1 saturated heterocycles. The van der Waals surface area contributed by atoms with Gasteiger partial charge in [-0.1, -0.05) is 0 Å². The molecule has 1 aromatic heterocycles. The molecule has 0 unspecified atom stereocenters. The lowest BCUT2D eigenvalue weighted by Gasteiger charge is -2.29. The summed E-state index contributed by atoms with van der Waals surface area (Å²) in [6.45, 7) is 1.01. The van der Waals surface area contributed by atoms with Crippen molar-refractivity contribution < 1.29 is 18.3 Å². The largest absolute Gasteiger partial charge is 0.478 e. The Kier molecular flexibility index (Phi) is 2.64. The summed E-state index contributed by atoms with van der Waals surface area (Å²) in [4.78, 5) is 14.2. The summed E-state index contributed by atoms with van der Waals surface area (Å²) in [5.41, 5.74) is -0.0254. The zero-order valence-electron chi connectivity index (χ0n) is 8.33. The van der Waals surface area contributed by atoms with Gasteiger partial charge in [0.25, 0.3) is 10.0 Å². The smallest absolute Gasteiger partial charge is 0.337 e. The molecule has 0 bridgehead atoms. The lowest BCUT2D eigenvalue weighted by atomic mass is 10.3. The Morgan fingerprint density at radius 3 is 2.44 bits per heavy atom. The number of aromatic nitrogens is 1. The molecule has 0 atom stereocenters. The van der Waals surface area contributed by atoms with Crippen molar-refractivity contribution >= 4 is 16.0 Å². The van der Waals surface area contributed by atoms with Crippen molar-refractivity contribution in [2.24, 2.45) is 0 Å². The summed E-state index contributed by atoms with van der Waals surface area (Å²) in [6.07, 6.45) is 1.90. The number of hydrogen-bond acceptors (Lipinski definition) is 4. The van der Waals surface area contributed by atoms with Gasteiger partial charge in [-0.2, -0.15) is 4.31 Å². The number of pyridine rings is 1. The van der Waals surface area contributed by atoms with E-state index in [4.69, 9.17) is 5.11 Å². The fourth-order valence-electron chi connectivity index (χ4n) is 1.32. The molecule has 0 amide bonds. The predicted molar refractivity (Wildman–Crippen MR) is 54.6 cm³/mol. The summed E-state index contributed by atoms with van der Waals surface area (Å²) >= 11 is 0. The van der Waals surface area contributed by atoms with Crippen LogP contribution in [0.1, 0.15) is 16.8 Å². The number of sulfonamides is 1. The topological polar surface area (TPSA) is 87.6 Å². The molecular weight excluding hydrogens is 232 g/mol. The zero-order chi connectivity index (χ0) is 11.8. The van der Waals surface area contributed by atoms with Crippen molar-refractivity contribution in [1.82, 2.24) is 9.29 Å². The Balaban J connectivity index is 2.31. The summed E-state index contributed by atoms with van der Waals surface area (Å²) in [6, 6.07) is 2.46. The van der Waals surface area contributed by atoms with Crippen LogP contribution in [0.15, 0.2) is 23.4 Å². The predicted octanol–water partition coefficient (Wildman–Crippen LogP) is 0.174. The van der Waals surface area contributed by atoms with Crippen LogP contribution in [0, 0.1) is 0 Å². The van der Waals surface area contributed by atoms with Gasteiger partial charge in [-0.3, -0.25) is 0 Å².